The van der Waals surface area contributed by atoms with Crippen LogP contribution in [-0.4, -0.2) is 66.0 Å². The lowest BCUT2D eigenvalue weighted by atomic mass is 10.2. The van der Waals surface area contributed by atoms with Gasteiger partial charge in [-0.15, -0.1) is 0 Å². The summed E-state index contributed by atoms with van der Waals surface area (Å²) in [5.41, 5.74) is 0.0679. The summed E-state index contributed by atoms with van der Waals surface area (Å²) in [4.78, 5) is 37.1. The number of ether oxygens (including phenoxy) is 1. The van der Waals surface area contributed by atoms with E-state index in [0.717, 1.165) is 0 Å². The minimum Gasteiger partial charge on any atom is -0.491 e. The molecule has 0 aromatic heterocycles. The summed E-state index contributed by atoms with van der Waals surface area (Å²) in [5, 5.41) is 9.02. The number of rotatable bonds is 5. The number of nitrogens with zero attached hydrogens (tertiary/aromatic N) is 2. The predicted octanol–water partition coefficient (Wildman–Crippen LogP) is 0.0642. The molecule has 0 bridgehead atoms. The molecule has 1 N–H and O–H groups in total. The summed E-state index contributed by atoms with van der Waals surface area (Å²) in [7, 11) is 1.58. The molecule has 0 atom stereocenters. The monoisotopic (exact) mass is 292 g/mol. The van der Waals surface area contributed by atoms with Gasteiger partial charge in [0, 0.05) is 20.1 Å². The molecule has 0 aliphatic carbocycles. The lowest BCUT2D eigenvalue weighted by Crippen LogP contribution is -2.53. The summed E-state index contributed by atoms with van der Waals surface area (Å²) in [6.45, 7) is 1.31. The van der Waals surface area contributed by atoms with Crippen LogP contribution in [0.15, 0.2) is 24.3 Å². The summed E-state index contributed by atoms with van der Waals surface area (Å²) >= 11 is 0. The topological polar surface area (TPSA) is 87.2 Å². The second kappa shape index (κ2) is 6.25. The fraction of sp³-hybridized carbons (Fsp3) is 0.357. The molecule has 2 amide bonds. The summed E-state index contributed by atoms with van der Waals surface area (Å²) < 4.78 is 5.41. The second-order valence-electron chi connectivity index (χ2n) is 4.67. The van der Waals surface area contributed by atoms with Crippen molar-refractivity contribution in [2.45, 2.75) is 0 Å². The maximum atomic E-state index is 11.7. The smallest absolute Gasteiger partial charge is 0.339 e. The van der Waals surface area contributed by atoms with Crippen LogP contribution >= 0.6 is 0 Å². The van der Waals surface area contributed by atoms with Crippen LogP contribution < -0.4 is 4.74 Å². The molecule has 1 heterocycles. The molecular formula is C14H16N2O5. The number of likely N-dealkylation sites (N-methyl/N-ethyl adjacent to an activating group) is 1. The fourth-order valence-electron chi connectivity index (χ4n) is 2.02. The SMILES string of the molecule is CN1CCN(CCOc2ccccc2C(=O)O)C(=O)C1=O. The molecule has 112 valence electrons. The zero-order chi connectivity index (χ0) is 15.4. The Labute approximate surface area is 121 Å². The van der Waals surface area contributed by atoms with Crippen molar-refractivity contribution in [1.82, 2.24) is 9.80 Å². The number of hydrogen-bond donors (Lipinski definition) is 1. The number of para-hydroxylation sites is 1. The summed E-state index contributed by atoms with van der Waals surface area (Å²) in [5.74, 6) is -1.92. The van der Waals surface area contributed by atoms with Gasteiger partial charge in [0.15, 0.2) is 0 Å². The van der Waals surface area contributed by atoms with Crippen molar-refractivity contribution >= 4 is 17.8 Å². The molecule has 1 aliphatic rings. The van der Waals surface area contributed by atoms with E-state index < -0.39 is 17.8 Å². The van der Waals surface area contributed by atoms with Crippen LogP contribution in [0.4, 0.5) is 0 Å². The lowest BCUT2D eigenvalue weighted by molar-refractivity contribution is -0.155. The Hall–Kier alpha value is -2.57. The van der Waals surface area contributed by atoms with Crippen LogP contribution in [0.3, 0.4) is 0 Å². The molecule has 1 aliphatic heterocycles. The largest absolute Gasteiger partial charge is 0.491 e. The molecule has 7 nitrogen and oxygen atoms in total. The minimum absolute atomic E-state index is 0.0679. The highest BCUT2D eigenvalue weighted by molar-refractivity contribution is 6.35. The molecule has 1 aromatic rings. The van der Waals surface area contributed by atoms with Crippen LogP contribution in [0.5, 0.6) is 5.75 Å². The zero-order valence-electron chi connectivity index (χ0n) is 11.6. The van der Waals surface area contributed by atoms with Gasteiger partial charge in [-0.25, -0.2) is 4.79 Å². The van der Waals surface area contributed by atoms with Crippen molar-refractivity contribution in [2.75, 3.05) is 33.3 Å². The average Bonchev–Trinajstić information content (AvgIpc) is 2.47. The van der Waals surface area contributed by atoms with Crippen LogP contribution in [-0.2, 0) is 9.59 Å². The van der Waals surface area contributed by atoms with Gasteiger partial charge in [0.05, 0.1) is 6.54 Å². The van der Waals surface area contributed by atoms with E-state index in [-0.39, 0.29) is 24.5 Å². The number of carboxylic acid groups (broad SMARTS) is 1. The van der Waals surface area contributed by atoms with Crippen molar-refractivity contribution in [1.29, 1.82) is 0 Å². The number of benzene rings is 1. The van der Waals surface area contributed by atoms with Gasteiger partial charge in [-0.3, -0.25) is 9.59 Å². The molecule has 2 rings (SSSR count). The number of aromatic carboxylic acids is 1. The lowest BCUT2D eigenvalue weighted by Gasteiger charge is -2.31. The molecule has 0 unspecified atom stereocenters. The number of carbonyl (C=O) groups is 3. The standard InChI is InChI=1S/C14H16N2O5/c1-15-6-7-16(13(18)12(15)17)8-9-21-11-5-3-2-4-10(11)14(19)20/h2-5H,6-9H2,1H3,(H,19,20). The van der Waals surface area contributed by atoms with Gasteiger partial charge < -0.3 is 19.6 Å². The first-order valence-corrected chi connectivity index (χ1v) is 6.50. The first kappa shape index (κ1) is 14.8. The highest BCUT2D eigenvalue weighted by Gasteiger charge is 2.29. The van der Waals surface area contributed by atoms with E-state index in [2.05, 4.69) is 0 Å². The minimum atomic E-state index is -1.07. The summed E-state index contributed by atoms with van der Waals surface area (Å²) in [6, 6.07) is 6.29. The highest BCUT2D eigenvalue weighted by atomic mass is 16.5. The van der Waals surface area contributed by atoms with Gasteiger partial charge in [0.1, 0.15) is 17.9 Å². The second-order valence-corrected chi connectivity index (χ2v) is 4.67. The van der Waals surface area contributed by atoms with Crippen LogP contribution in [0, 0.1) is 0 Å². The van der Waals surface area contributed by atoms with Gasteiger partial charge in [-0.05, 0) is 12.1 Å². The highest BCUT2D eigenvalue weighted by Crippen LogP contribution is 2.17. The molecule has 1 fully saturated rings. The van der Waals surface area contributed by atoms with Crippen molar-refractivity contribution in [2.24, 2.45) is 0 Å². The Morgan fingerprint density at radius 1 is 1.24 bits per heavy atom. The van der Waals surface area contributed by atoms with Gasteiger partial charge in [-0.2, -0.15) is 0 Å². The number of carbonyl (C=O) groups excluding carboxylic acids is 2. The van der Waals surface area contributed by atoms with E-state index in [1.165, 1.54) is 15.9 Å². The van der Waals surface area contributed by atoms with Crippen molar-refractivity contribution in [3.8, 4) is 5.75 Å². The number of piperazine rings is 1. The molecule has 0 radical (unpaired) electrons. The van der Waals surface area contributed by atoms with Crippen molar-refractivity contribution < 1.29 is 24.2 Å². The van der Waals surface area contributed by atoms with Gasteiger partial charge in [-0.1, -0.05) is 12.1 Å². The normalized spacial score (nSPS) is 15.3. The van der Waals surface area contributed by atoms with Gasteiger partial charge in [0.2, 0.25) is 0 Å². The predicted molar refractivity (Wildman–Crippen MR) is 73.1 cm³/mol. The number of carboxylic acids is 1. The van der Waals surface area contributed by atoms with E-state index in [9.17, 15) is 14.4 Å². The zero-order valence-corrected chi connectivity index (χ0v) is 11.6. The van der Waals surface area contributed by atoms with Crippen molar-refractivity contribution in [3.05, 3.63) is 29.8 Å². The maximum absolute atomic E-state index is 11.7. The quantitative estimate of drug-likeness (QED) is 0.776. The number of amides is 2. The van der Waals surface area contributed by atoms with E-state index >= 15 is 0 Å². The first-order chi connectivity index (χ1) is 10.0. The Morgan fingerprint density at radius 2 is 1.95 bits per heavy atom. The van der Waals surface area contributed by atoms with Gasteiger partial charge in [0.25, 0.3) is 0 Å². The summed E-state index contributed by atoms with van der Waals surface area (Å²) in [6.07, 6.45) is 0. The number of hydrogen-bond acceptors (Lipinski definition) is 4. The Morgan fingerprint density at radius 3 is 2.67 bits per heavy atom. The maximum Gasteiger partial charge on any atom is 0.339 e. The Bertz CT molecular complexity index is 572. The molecule has 7 heteroatoms. The Kier molecular flexibility index (Phi) is 4.42. The average molecular weight is 292 g/mol. The molecule has 0 spiro atoms. The van der Waals surface area contributed by atoms with Gasteiger partial charge >= 0.3 is 17.8 Å². The van der Waals surface area contributed by atoms with Crippen LogP contribution in [0.2, 0.25) is 0 Å². The van der Waals surface area contributed by atoms with Crippen LogP contribution in [0.25, 0.3) is 0 Å². The third kappa shape index (κ3) is 3.31. The van der Waals surface area contributed by atoms with Crippen LogP contribution in [0.1, 0.15) is 10.4 Å². The molecule has 1 aromatic carbocycles. The molecular weight excluding hydrogens is 276 g/mol. The van der Waals surface area contributed by atoms with E-state index in [4.69, 9.17) is 9.84 Å². The third-order valence-corrected chi connectivity index (χ3v) is 3.26. The van der Waals surface area contributed by atoms with Crippen molar-refractivity contribution in [3.63, 3.8) is 0 Å². The fourth-order valence-corrected chi connectivity index (χ4v) is 2.02. The van der Waals surface area contributed by atoms with E-state index in [1.54, 1.807) is 25.2 Å². The molecule has 0 saturated carbocycles. The van der Waals surface area contributed by atoms with E-state index in [1.807, 2.05) is 0 Å². The first-order valence-electron chi connectivity index (χ1n) is 6.50. The Balaban J connectivity index is 1.92. The third-order valence-electron chi connectivity index (χ3n) is 3.26. The van der Waals surface area contributed by atoms with E-state index in [0.29, 0.717) is 13.1 Å². The molecule has 1 saturated heterocycles. The molecule has 21 heavy (non-hydrogen) atoms.